The van der Waals surface area contributed by atoms with E-state index in [4.69, 9.17) is 10.5 Å². The smallest absolute Gasteiger partial charge is 0.159 e. The zero-order chi connectivity index (χ0) is 20.2. The first-order valence-electron chi connectivity index (χ1n) is 8.85. The van der Waals surface area contributed by atoms with E-state index in [1.807, 2.05) is 30.3 Å². The van der Waals surface area contributed by atoms with Gasteiger partial charge in [-0.15, -0.1) is 5.10 Å². The quantitative estimate of drug-likeness (QED) is 0.539. The van der Waals surface area contributed by atoms with Gasteiger partial charge in [-0.3, -0.25) is 0 Å². The number of pyridine rings is 1. The summed E-state index contributed by atoms with van der Waals surface area (Å²) in [5.41, 5.74) is 8.82. The highest BCUT2D eigenvalue weighted by atomic mass is 19.2. The highest BCUT2D eigenvalue weighted by Crippen LogP contribution is 2.21. The maximum Gasteiger partial charge on any atom is 0.159 e. The Morgan fingerprint density at radius 3 is 2.52 bits per heavy atom. The van der Waals surface area contributed by atoms with Crippen LogP contribution in [-0.2, 0) is 13.2 Å². The summed E-state index contributed by atoms with van der Waals surface area (Å²) in [5.74, 6) is -0.731. The molecule has 0 amide bonds. The monoisotopic (exact) mass is 393 g/mol. The van der Waals surface area contributed by atoms with Gasteiger partial charge in [-0.1, -0.05) is 23.4 Å². The second-order valence-corrected chi connectivity index (χ2v) is 6.42. The highest BCUT2D eigenvalue weighted by molar-refractivity contribution is 5.69. The number of halogens is 2. The van der Waals surface area contributed by atoms with E-state index in [0.717, 1.165) is 23.3 Å². The van der Waals surface area contributed by atoms with Gasteiger partial charge in [-0.25, -0.2) is 18.4 Å². The van der Waals surface area contributed by atoms with Crippen molar-refractivity contribution in [3.05, 3.63) is 89.8 Å². The summed E-state index contributed by atoms with van der Waals surface area (Å²) in [6.07, 6.45) is 3.43. The molecule has 4 aromatic rings. The molecule has 0 aliphatic heterocycles. The van der Waals surface area contributed by atoms with E-state index in [0.29, 0.717) is 29.4 Å². The molecule has 8 heteroatoms. The zero-order valence-electron chi connectivity index (χ0n) is 15.3. The van der Waals surface area contributed by atoms with Crippen molar-refractivity contribution in [3.63, 3.8) is 0 Å². The first-order valence-corrected chi connectivity index (χ1v) is 8.85. The van der Waals surface area contributed by atoms with Gasteiger partial charge in [-0.2, -0.15) is 0 Å². The lowest BCUT2D eigenvalue weighted by Gasteiger charge is -2.08. The average Bonchev–Trinajstić information content (AvgIpc) is 3.18. The molecule has 0 aliphatic carbocycles. The number of ether oxygens (including phenoxy) is 1. The van der Waals surface area contributed by atoms with E-state index in [9.17, 15) is 8.78 Å². The molecule has 0 saturated heterocycles. The minimum absolute atomic E-state index is 0.148. The number of nitrogen functional groups attached to an aromatic ring is 1. The van der Waals surface area contributed by atoms with Crippen LogP contribution in [0.5, 0.6) is 5.75 Å². The molecule has 0 radical (unpaired) electrons. The highest BCUT2D eigenvalue weighted by Gasteiger charge is 2.08. The van der Waals surface area contributed by atoms with Crippen LogP contribution in [0.3, 0.4) is 0 Å². The van der Waals surface area contributed by atoms with Crippen molar-refractivity contribution in [1.82, 2.24) is 20.0 Å². The number of anilines is 1. The standard InChI is InChI=1S/C21H17F2N5O/c22-18-8-5-15(10-19(18)23)13-29-16-6-3-14(4-7-16)11-28-12-20(26-27-28)17-2-1-9-25-21(17)24/h1-10,12H,11,13H2,(H2,24,25). The van der Waals surface area contributed by atoms with Gasteiger partial charge >= 0.3 is 0 Å². The molecule has 6 nitrogen and oxygen atoms in total. The summed E-state index contributed by atoms with van der Waals surface area (Å²) in [6.45, 7) is 0.673. The van der Waals surface area contributed by atoms with Crippen molar-refractivity contribution >= 4 is 5.82 Å². The average molecular weight is 393 g/mol. The summed E-state index contributed by atoms with van der Waals surface area (Å²) in [4.78, 5) is 4.05. The van der Waals surface area contributed by atoms with Crippen molar-refractivity contribution in [3.8, 4) is 17.0 Å². The number of benzene rings is 2. The molecular weight excluding hydrogens is 376 g/mol. The number of hydrogen-bond donors (Lipinski definition) is 1. The van der Waals surface area contributed by atoms with Gasteiger partial charge < -0.3 is 10.5 Å². The first-order chi connectivity index (χ1) is 14.1. The minimum Gasteiger partial charge on any atom is -0.489 e. The molecule has 2 aromatic carbocycles. The van der Waals surface area contributed by atoms with E-state index in [2.05, 4.69) is 15.3 Å². The Bertz CT molecular complexity index is 1130. The number of hydrogen-bond acceptors (Lipinski definition) is 5. The van der Waals surface area contributed by atoms with Crippen LogP contribution in [0.15, 0.2) is 67.0 Å². The Hall–Kier alpha value is -3.81. The number of nitrogens with two attached hydrogens (primary N) is 1. The maximum absolute atomic E-state index is 13.2. The van der Waals surface area contributed by atoms with Gasteiger partial charge in [0, 0.05) is 11.8 Å². The SMILES string of the molecule is Nc1ncccc1-c1cn(Cc2ccc(OCc3ccc(F)c(F)c3)cc2)nn1. The molecule has 2 aromatic heterocycles. The fourth-order valence-corrected chi connectivity index (χ4v) is 2.81. The summed E-state index contributed by atoms with van der Waals surface area (Å²) < 4.78 is 33.5. The second-order valence-electron chi connectivity index (χ2n) is 6.42. The summed E-state index contributed by atoms with van der Waals surface area (Å²) in [7, 11) is 0. The van der Waals surface area contributed by atoms with Crippen LogP contribution in [0, 0.1) is 11.6 Å². The van der Waals surface area contributed by atoms with Crippen LogP contribution >= 0.6 is 0 Å². The topological polar surface area (TPSA) is 78.8 Å². The molecule has 4 rings (SSSR count). The Kier molecular flexibility index (Phi) is 5.15. The lowest BCUT2D eigenvalue weighted by molar-refractivity contribution is 0.305. The van der Waals surface area contributed by atoms with Crippen LogP contribution < -0.4 is 10.5 Å². The second kappa shape index (κ2) is 8.05. The van der Waals surface area contributed by atoms with E-state index in [1.54, 1.807) is 23.1 Å². The van der Waals surface area contributed by atoms with Crippen molar-refractivity contribution in [2.45, 2.75) is 13.2 Å². The van der Waals surface area contributed by atoms with Crippen LogP contribution in [0.4, 0.5) is 14.6 Å². The molecule has 0 saturated carbocycles. The molecule has 0 atom stereocenters. The number of nitrogens with zero attached hydrogens (tertiary/aromatic N) is 4. The normalized spacial score (nSPS) is 10.8. The van der Waals surface area contributed by atoms with E-state index >= 15 is 0 Å². The molecule has 0 bridgehead atoms. The van der Waals surface area contributed by atoms with E-state index in [-0.39, 0.29) is 6.61 Å². The lowest BCUT2D eigenvalue weighted by atomic mass is 10.2. The molecule has 0 fully saturated rings. The third-order valence-electron chi connectivity index (χ3n) is 4.31. The van der Waals surface area contributed by atoms with Crippen LogP contribution in [0.1, 0.15) is 11.1 Å². The van der Waals surface area contributed by atoms with Gasteiger partial charge in [0.05, 0.1) is 12.7 Å². The Balaban J connectivity index is 1.38. The van der Waals surface area contributed by atoms with Gasteiger partial charge in [0.15, 0.2) is 11.6 Å². The molecule has 0 aliphatic rings. The van der Waals surface area contributed by atoms with Crippen LogP contribution in [-0.4, -0.2) is 20.0 Å². The third kappa shape index (κ3) is 4.37. The van der Waals surface area contributed by atoms with Gasteiger partial charge in [-0.05, 0) is 47.5 Å². The third-order valence-corrected chi connectivity index (χ3v) is 4.31. The molecule has 0 spiro atoms. The minimum atomic E-state index is -0.887. The molecule has 146 valence electrons. The summed E-state index contributed by atoms with van der Waals surface area (Å²) in [5, 5.41) is 8.28. The Labute approximate surface area is 165 Å². The Morgan fingerprint density at radius 2 is 1.76 bits per heavy atom. The lowest BCUT2D eigenvalue weighted by Crippen LogP contribution is -2.01. The van der Waals surface area contributed by atoms with Crippen molar-refractivity contribution in [2.75, 3.05) is 5.73 Å². The molecule has 0 unspecified atom stereocenters. The van der Waals surface area contributed by atoms with Crippen molar-refractivity contribution < 1.29 is 13.5 Å². The predicted molar refractivity (Wildman–Crippen MR) is 104 cm³/mol. The Morgan fingerprint density at radius 1 is 0.966 bits per heavy atom. The number of rotatable bonds is 6. The van der Waals surface area contributed by atoms with Gasteiger partial charge in [0.2, 0.25) is 0 Å². The molecule has 2 N–H and O–H groups in total. The fourth-order valence-electron chi connectivity index (χ4n) is 2.81. The van der Waals surface area contributed by atoms with Gasteiger partial charge in [0.1, 0.15) is 23.9 Å². The summed E-state index contributed by atoms with van der Waals surface area (Å²) in [6, 6.07) is 14.8. The molecular formula is C21H17F2N5O. The summed E-state index contributed by atoms with van der Waals surface area (Å²) >= 11 is 0. The maximum atomic E-state index is 13.2. The van der Waals surface area contributed by atoms with Crippen LogP contribution in [0.2, 0.25) is 0 Å². The van der Waals surface area contributed by atoms with Gasteiger partial charge in [0.25, 0.3) is 0 Å². The predicted octanol–water partition coefficient (Wildman–Crippen LogP) is 3.83. The van der Waals surface area contributed by atoms with E-state index < -0.39 is 11.6 Å². The number of aromatic nitrogens is 4. The molecule has 2 heterocycles. The van der Waals surface area contributed by atoms with Crippen molar-refractivity contribution in [2.24, 2.45) is 0 Å². The largest absolute Gasteiger partial charge is 0.489 e. The fraction of sp³-hybridized carbons (Fsp3) is 0.0952. The zero-order valence-corrected chi connectivity index (χ0v) is 15.3. The van der Waals surface area contributed by atoms with E-state index in [1.165, 1.54) is 6.07 Å². The van der Waals surface area contributed by atoms with Crippen molar-refractivity contribution in [1.29, 1.82) is 0 Å². The molecule has 29 heavy (non-hydrogen) atoms. The first kappa shape index (κ1) is 18.5. The van der Waals surface area contributed by atoms with Crippen LogP contribution in [0.25, 0.3) is 11.3 Å².